The number of amides is 1. The highest BCUT2D eigenvalue weighted by molar-refractivity contribution is 7.47. The van der Waals surface area contributed by atoms with Crippen LogP contribution in [-0.4, -0.2) is 87.7 Å². The Morgan fingerprint density at radius 3 is 1.92 bits per heavy atom. The molecule has 5 unspecified atom stereocenters. The smallest absolute Gasteiger partial charge is 0.472 e. The lowest BCUT2D eigenvalue weighted by atomic mass is 9.80. The van der Waals surface area contributed by atoms with Gasteiger partial charge in [0, 0.05) is 45.1 Å². The number of carbonyl (C=O) groups is 2. The fraction of sp³-hybridized carbons (Fsp3) is 0.349. The third-order valence-electron chi connectivity index (χ3n) is 10.6. The van der Waals surface area contributed by atoms with Crippen molar-refractivity contribution in [1.82, 2.24) is 19.1 Å². The Hall–Kier alpha value is -6.25. The van der Waals surface area contributed by atoms with Crippen LogP contribution in [0.3, 0.4) is 0 Å². The molecular weight excluding hydrogens is 857 g/mol. The topological polar surface area (TPSA) is 247 Å². The lowest BCUT2D eigenvalue weighted by Gasteiger charge is -2.37. The van der Waals surface area contributed by atoms with Crippen LogP contribution in [0.5, 0.6) is 11.5 Å². The van der Waals surface area contributed by atoms with Gasteiger partial charge in [-0.15, -0.1) is 0 Å². The first-order chi connectivity index (χ1) is 30.7. The number of ether oxygens (including phenoxy) is 6. The second-order valence-electron chi connectivity index (χ2n) is 14.8. The number of hydrogen-bond donors (Lipinski definition) is 3. The molecule has 338 valence electrons. The predicted molar refractivity (Wildman–Crippen MR) is 226 cm³/mol. The van der Waals surface area contributed by atoms with E-state index in [0.29, 0.717) is 28.2 Å². The molecule has 0 saturated carbocycles. The van der Waals surface area contributed by atoms with E-state index in [1.165, 1.54) is 32.3 Å². The summed E-state index contributed by atoms with van der Waals surface area (Å²) in [7, 11) is -1.95. The number of rotatable bonds is 17. The number of anilines is 1. The summed E-state index contributed by atoms with van der Waals surface area (Å²) in [6.45, 7) is 1.49. The Morgan fingerprint density at radius 1 is 0.797 bits per heavy atom. The summed E-state index contributed by atoms with van der Waals surface area (Å²) in [6, 6.07) is 26.4. The third kappa shape index (κ3) is 10.4. The van der Waals surface area contributed by atoms with Crippen molar-refractivity contribution in [3.8, 4) is 11.5 Å². The molecule has 0 spiro atoms. The second kappa shape index (κ2) is 19.6. The maximum atomic E-state index is 13.9. The highest BCUT2D eigenvalue weighted by Crippen LogP contribution is 2.50. The Kier molecular flexibility index (Phi) is 14.0. The summed E-state index contributed by atoms with van der Waals surface area (Å²) in [5.74, 6) is 0.0973. The van der Waals surface area contributed by atoms with Crippen LogP contribution in [0.2, 0.25) is 0 Å². The van der Waals surface area contributed by atoms with Gasteiger partial charge in [0.05, 0.1) is 27.4 Å². The second-order valence-corrected chi connectivity index (χ2v) is 16.2. The normalized spacial score (nSPS) is 21.8. The number of H-pyrrole nitrogens is 1. The molecule has 2 fully saturated rings. The number of methoxy groups -OCH3 is 2. The van der Waals surface area contributed by atoms with E-state index in [9.17, 15) is 33.4 Å². The van der Waals surface area contributed by atoms with Crippen LogP contribution in [0.15, 0.2) is 118 Å². The molecule has 21 heteroatoms. The molecule has 0 bridgehead atoms. The van der Waals surface area contributed by atoms with Crippen LogP contribution in [-0.2, 0) is 47.8 Å². The van der Waals surface area contributed by atoms with E-state index in [1.54, 1.807) is 38.5 Å². The van der Waals surface area contributed by atoms with Crippen molar-refractivity contribution < 1.29 is 56.5 Å². The lowest BCUT2D eigenvalue weighted by Crippen LogP contribution is -2.38. The van der Waals surface area contributed by atoms with Crippen LogP contribution < -0.4 is 31.7 Å². The summed E-state index contributed by atoms with van der Waals surface area (Å²) >= 11 is 0. The minimum Gasteiger partial charge on any atom is -0.497 e. The van der Waals surface area contributed by atoms with E-state index < -0.39 is 85.7 Å². The quantitative estimate of drug-likeness (QED) is 0.0683. The maximum absolute atomic E-state index is 13.9. The van der Waals surface area contributed by atoms with Crippen molar-refractivity contribution in [1.29, 1.82) is 0 Å². The first kappa shape index (κ1) is 45.8. The van der Waals surface area contributed by atoms with Gasteiger partial charge in [-0.05, 0) is 47.0 Å². The summed E-state index contributed by atoms with van der Waals surface area (Å²) in [5, 5.41) is 2.42. The molecule has 4 heterocycles. The van der Waals surface area contributed by atoms with E-state index in [2.05, 4.69) is 15.3 Å². The van der Waals surface area contributed by atoms with E-state index in [1.807, 2.05) is 54.6 Å². The van der Waals surface area contributed by atoms with Crippen LogP contribution >= 0.6 is 7.82 Å². The van der Waals surface area contributed by atoms with E-state index in [4.69, 9.17) is 37.5 Å². The Balaban J connectivity index is 1.17. The van der Waals surface area contributed by atoms with Crippen molar-refractivity contribution in [2.45, 2.75) is 69.2 Å². The van der Waals surface area contributed by atoms with E-state index >= 15 is 0 Å². The molecule has 2 aromatic heterocycles. The van der Waals surface area contributed by atoms with Crippen molar-refractivity contribution in [3.05, 3.63) is 151 Å². The lowest BCUT2D eigenvalue weighted by molar-refractivity contribution is -0.150. The summed E-state index contributed by atoms with van der Waals surface area (Å²) in [5.41, 5.74) is -1.48. The molecule has 2 aliphatic rings. The van der Waals surface area contributed by atoms with Crippen LogP contribution in [0.4, 0.5) is 5.82 Å². The fourth-order valence-electron chi connectivity index (χ4n) is 7.68. The predicted octanol–water partition coefficient (Wildman–Crippen LogP) is 3.79. The average Bonchev–Trinajstić information content (AvgIpc) is 3.86. The first-order valence-corrected chi connectivity index (χ1v) is 21.5. The summed E-state index contributed by atoms with van der Waals surface area (Å²) in [4.78, 5) is 78.7. The number of nitrogens with zero attached hydrogens (tertiary/aromatic N) is 3. The number of nitrogens with one attached hydrogen (secondary N) is 2. The maximum Gasteiger partial charge on any atom is 0.472 e. The number of phosphoric ester groups is 1. The number of aromatic nitrogens is 4. The van der Waals surface area contributed by atoms with Crippen molar-refractivity contribution in [2.24, 2.45) is 0 Å². The zero-order valence-corrected chi connectivity index (χ0v) is 36.0. The van der Waals surface area contributed by atoms with Gasteiger partial charge in [-0.3, -0.25) is 37.5 Å². The molecule has 7 atom stereocenters. The SMILES string of the molecule is COc1ccc(C(OC[C@H]2O[C@@H](n3ccc(=O)[nH]c3=O)CC2OP(=O)(O)OCC2OC(n3ccc(NC(C)=O)nc3=O)CC2OC(C)=O)(c2ccccc2)c2ccc(OC)cc2)cc1. The Bertz CT molecular complexity index is 2610. The monoisotopic (exact) mass is 903 g/mol. The largest absolute Gasteiger partial charge is 0.497 e. The number of hydrogen-bond acceptors (Lipinski definition) is 15. The minimum atomic E-state index is -5.06. The highest BCUT2D eigenvalue weighted by Gasteiger charge is 2.47. The molecule has 0 radical (unpaired) electrons. The van der Waals surface area contributed by atoms with Crippen LogP contribution in [0, 0.1) is 0 Å². The molecule has 3 aromatic carbocycles. The van der Waals surface area contributed by atoms with Gasteiger partial charge < -0.3 is 38.6 Å². The fourth-order valence-corrected chi connectivity index (χ4v) is 8.64. The average molecular weight is 904 g/mol. The molecule has 1 amide bonds. The zero-order valence-electron chi connectivity index (χ0n) is 35.1. The molecule has 5 aromatic rings. The number of aromatic amines is 1. The van der Waals surface area contributed by atoms with Gasteiger partial charge in [0.25, 0.3) is 5.56 Å². The van der Waals surface area contributed by atoms with E-state index in [0.717, 1.165) is 15.2 Å². The summed E-state index contributed by atoms with van der Waals surface area (Å²) in [6.07, 6.45) is -4.41. The number of carbonyl (C=O) groups excluding carboxylic acids is 2. The van der Waals surface area contributed by atoms with E-state index in [-0.39, 0.29) is 25.3 Å². The Labute approximate surface area is 365 Å². The van der Waals surface area contributed by atoms with Crippen molar-refractivity contribution >= 4 is 25.5 Å². The Morgan fingerprint density at radius 2 is 1.36 bits per heavy atom. The molecule has 2 aliphatic heterocycles. The molecule has 0 aliphatic carbocycles. The first-order valence-electron chi connectivity index (χ1n) is 20.0. The molecule has 20 nitrogen and oxygen atoms in total. The number of phosphoric acid groups is 1. The van der Waals surface area contributed by atoms with Crippen LogP contribution in [0.1, 0.15) is 55.8 Å². The van der Waals surface area contributed by atoms with Gasteiger partial charge in [-0.1, -0.05) is 54.6 Å². The van der Waals surface area contributed by atoms with Gasteiger partial charge in [0.1, 0.15) is 59.8 Å². The molecule has 2 saturated heterocycles. The standard InChI is InChI=1S/C43H46N5O15P/c1-26(49)44-37-18-20-47(41(52)45-37)39-22-33(60-27(2)50)36(62-39)25-59-64(54,55)63-34-23-40(48-21-19-38(51)46-42(48)53)61-35(34)24-58-43(28-8-6-5-7-9-28,29-10-14-31(56-3)15-11-29)30-12-16-32(57-4)17-13-30/h5-21,33-36,39-40H,22-25H2,1-4H3,(H,54,55)(H,46,51,53)(H,44,45,49,52)/t33?,34?,35-,36?,39?,40-/m1/s1. The number of esters is 1. The highest BCUT2D eigenvalue weighted by atomic mass is 31.2. The summed E-state index contributed by atoms with van der Waals surface area (Å²) < 4.78 is 63.1. The molecule has 3 N–H and O–H groups in total. The van der Waals surface area contributed by atoms with Gasteiger partial charge in [-0.2, -0.15) is 4.98 Å². The molecule has 7 rings (SSSR count). The molecular formula is C43H46N5O15P. The number of benzene rings is 3. The van der Waals surface area contributed by atoms with Gasteiger partial charge in [0.15, 0.2) is 0 Å². The molecule has 64 heavy (non-hydrogen) atoms. The zero-order chi connectivity index (χ0) is 45.6. The van der Waals surface area contributed by atoms with Crippen molar-refractivity contribution in [3.63, 3.8) is 0 Å². The third-order valence-corrected chi connectivity index (χ3v) is 11.6. The van der Waals surface area contributed by atoms with Crippen molar-refractivity contribution in [2.75, 3.05) is 32.8 Å². The van der Waals surface area contributed by atoms with Gasteiger partial charge in [0.2, 0.25) is 5.91 Å². The minimum absolute atomic E-state index is 0.0148. The van der Waals surface area contributed by atoms with Gasteiger partial charge >= 0.3 is 25.2 Å². The van der Waals surface area contributed by atoms with Gasteiger partial charge in [-0.25, -0.2) is 14.2 Å². The van der Waals surface area contributed by atoms with Crippen LogP contribution in [0.25, 0.3) is 0 Å².